The molecule has 4 heterocycles. The number of fused-ring (bicyclic) bond motifs is 6. The first-order chi connectivity index (χ1) is 30.9. The minimum absolute atomic E-state index is 0. The van der Waals surface area contributed by atoms with E-state index >= 15 is 0 Å². The first-order valence-electron chi connectivity index (χ1n) is 22.9. The topological polar surface area (TPSA) is 56.0 Å². The van der Waals surface area contributed by atoms with Crippen LogP contribution in [-0.4, -0.2) is 52.1 Å². The summed E-state index contributed by atoms with van der Waals surface area (Å²) in [5.41, 5.74) is 7.00. The molecular weight excluding hydrogens is 877 g/mol. The van der Waals surface area contributed by atoms with Gasteiger partial charge < -0.3 is 39.3 Å². The van der Waals surface area contributed by atoms with E-state index in [-0.39, 0.29) is 54.5 Å². The molecule has 11 heteroatoms. The smallest absolute Gasteiger partial charge is 0.399 e. The van der Waals surface area contributed by atoms with Crippen LogP contribution in [0.2, 0.25) is 0 Å². The molecule has 66 heavy (non-hydrogen) atoms. The molecule has 7 nitrogen and oxygen atoms in total. The van der Waals surface area contributed by atoms with Crippen molar-refractivity contribution in [2.75, 3.05) is 0 Å². The van der Waals surface area contributed by atoms with Crippen LogP contribution in [0.5, 0.6) is 0 Å². The molecule has 0 atom stereocenters. The quantitative estimate of drug-likeness (QED) is 0.123. The van der Waals surface area contributed by atoms with Crippen molar-refractivity contribution in [2.45, 2.75) is 118 Å². The number of hydrogen-bond acceptors (Lipinski definition) is 5. The van der Waals surface area contributed by atoms with Gasteiger partial charge in [0, 0.05) is 43.5 Å². The summed E-state index contributed by atoms with van der Waals surface area (Å²) in [7, 11) is -0.877. The number of unbranched alkanes of at least 4 members (excludes halogenated alkanes) is 1. The second-order valence-electron chi connectivity index (χ2n) is 19.0. The third-order valence-corrected chi connectivity index (χ3v) is 13.3. The van der Waals surface area contributed by atoms with Crippen LogP contribution < -0.4 is 24.3 Å². The Kier molecular flexibility index (Phi) is 16.4. The van der Waals surface area contributed by atoms with E-state index in [0.29, 0.717) is 0 Å². The van der Waals surface area contributed by atoms with Crippen LogP contribution in [0.4, 0.5) is 0 Å². The zero-order valence-electron chi connectivity index (χ0n) is 41.0. The SMILES string of the molecule is Brc1ccc2c(c1)c1ccccc1n2-c1ccccc1.CC(C)OB1OC(C)(C)C(C)(C)O1.CC1(C)OB(c2ccc3c(c2)c2ccccc2n3-c2ccccc2)OC1(C)C.[CH2-]CCC.[Li+]. The van der Waals surface area contributed by atoms with Crippen LogP contribution in [0.25, 0.3) is 55.0 Å². The van der Waals surface area contributed by atoms with Crippen molar-refractivity contribution in [3.63, 3.8) is 0 Å². The van der Waals surface area contributed by atoms with E-state index in [2.05, 4.69) is 200 Å². The van der Waals surface area contributed by atoms with E-state index in [9.17, 15) is 0 Å². The standard InChI is InChI=1S/C24H24BNO2.C18H12BrN.C9H19BO3.C4H9.Li/c1-23(2)24(3,4)28-25(27-23)17-14-15-22-20(16-17)19-12-8-9-13-21(19)26(22)18-10-6-5-7-11-18;19-13-10-11-18-16(12-13)15-8-4-5-9-17(15)20(18)14-6-2-1-3-7-14;1-7(2)11-10-12-8(3,4)9(5,6)13-10;1-3-4-2;/h5-16H,1-4H3;1-12H;7H,1-6H3;1,3-4H2,2H3;/q;;;-1;+1. The minimum Gasteiger partial charge on any atom is -0.399 e. The Bertz CT molecular complexity index is 2830. The summed E-state index contributed by atoms with van der Waals surface area (Å²) in [6.07, 6.45) is 2.40. The Morgan fingerprint density at radius 2 is 0.909 bits per heavy atom. The second kappa shape index (κ2) is 21.1. The van der Waals surface area contributed by atoms with Gasteiger partial charge in [0.15, 0.2) is 0 Å². The van der Waals surface area contributed by atoms with Gasteiger partial charge in [0.25, 0.3) is 0 Å². The molecule has 2 aliphatic heterocycles. The molecule has 0 radical (unpaired) electrons. The van der Waals surface area contributed by atoms with Gasteiger partial charge in [0.2, 0.25) is 0 Å². The van der Waals surface area contributed by atoms with Crippen LogP contribution >= 0.6 is 15.9 Å². The van der Waals surface area contributed by atoms with Crippen LogP contribution in [0.15, 0.2) is 150 Å². The number of aromatic nitrogens is 2. The third-order valence-electron chi connectivity index (χ3n) is 12.9. The molecule has 0 saturated carbocycles. The maximum Gasteiger partial charge on any atom is 1.00 e. The zero-order valence-corrected chi connectivity index (χ0v) is 42.6. The second-order valence-corrected chi connectivity index (χ2v) is 19.9. The fourth-order valence-electron chi connectivity index (χ4n) is 7.84. The molecule has 338 valence electrons. The zero-order chi connectivity index (χ0) is 46.7. The third kappa shape index (κ3) is 10.8. The van der Waals surface area contributed by atoms with Crippen molar-refractivity contribution in [3.8, 4) is 11.4 Å². The van der Waals surface area contributed by atoms with Gasteiger partial charge in [-0.05, 0) is 135 Å². The predicted molar refractivity (Wildman–Crippen MR) is 278 cm³/mol. The van der Waals surface area contributed by atoms with Gasteiger partial charge in [-0.25, -0.2) is 0 Å². The van der Waals surface area contributed by atoms with E-state index in [1.165, 1.54) is 55.7 Å². The minimum atomic E-state index is -0.523. The van der Waals surface area contributed by atoms with Gasteiger partial charge in [-0.3, -0.25) is 0 Å². The average molecular weight is 942 g/mol. The van der Waals surface area contributed by atoms with E-state index < -0.39 is 7.32 Å². The van der Waals surface area contributed by atoms with Crippen LogP contribution in [-0.2, 0) is 23.3 Å². The molecule has 0 bridgehead atoms. The molecule has 10 rings (SSSR count). The molecule has 2 aliphatic rings. The fraction of sp³-hybridized carbons (Fsp3) is 0.327. The van der Waals surface area contributed by atoms with Crippen molar-refractivity contribution in [1.82, 2.24) is 9.13 Å². The van der Waals surface area contributed by atoms with Gasteiger partial charge in [0.05, 0.1) is 44.5 Å². The number of para-hydroxylation sites is 4. The first kappa shape index (κ1) is 51.3. The van der Waals surface area contributed by atoms with Crippen molar-refractivity contribution in [3.05, 3.63) is 157 Å². The summed E-state index contributed by atoms with van der Waals surface area (Å²) < 4.78 is 35.0. The van der Waals surface area contributed by atoms with Gasteiger partial charge >= 0.3 is 33.3 Å². The fourth-order valence-corrected chi connectivity index (χ4v) is 8.20. The molecule has 0 spiro atoms. The molecule has 2 aromatic heterocycles. The summed E-state index contributed by atoms with van der Waals surface area (Å²) in [4.78, 5) is 0. The molecule has 6 aromatic carbocycles. The Hall–Kier alpha value is -4.07. The van der Waals surface area contributed by atoms with Gasteiger partial charge in [0.1, 0.15) is 0 Å². The summed E-state index contributed by atoms with van der Waals surface area (Å²) in [5.74, 6) is 0. The molecule has 0 N–H and O–H groups in total. The molecule has 0 unspecified atom stereocenters. The van der Waals surface area contributed by atoms with Crippen molar-refractivity contribution in [2.24, 2.45) is 0 Å². The predicted octanol–water partition coefficient (Wildman–Crippen LogP) is 11.3. The Labute approximate surface area is 414 Å². The summed E-state index contributed by atoms with van der Waals surface area (Å²) >= 11 is 3.57. The Morgan fingerprint density at radius 1 is 0.530 bits per heavy atom. The van der Waals surface area contributed by atoms with Crippen molar-refractivity contribution in [1.29, 1.82) is 0 Å². The van der Waals surface area contributed by atoms with Crippen LogP contribution in [0.3, 0.4) is 0 Å². The van der Waals surface area contributed by atoms with Gasteiger partial charge in [-0.1, -0.05) is 114 Å². The molecule has 2 fully saturated rings. The number of rotatable bonds is 6. The van der Waals surface area contributed by atoms with E-state index in [0.717, 1.165) is 22.0 Å². The number of halogens is 1. The normalized spacial score (nSPS) is 16.6. The number of benzene rings is 6. The van der Waals surface area contributed by atoms with E-state index in [4.69, 9.17) is 23.3 Å². The molecule has 0 amide bonds. The Balaban J connectivity index is 0.000000166. The average Bonchev–Trinajstić information content (AvgIpc) is 3.92. The molecular formula is C55H64B2BrLiN2O5. The first-order valence-corrected chi connectivity index (χ1v) is 23.7. The van der Waals surface area contributed by atoms with E-state index in [1.54, 1.807) is 0 Å². The molecule has 8 aromatic rings. The van der Waals surface area contributed by atoms with Crippen molar-refractivity contribution < 1.29 is 42.1 Å². The maximum atomic E-state index is 6.27. The number of hydrogen-bond donors (Lipinski definition) is 0. The molecule has 2 saturated heterocycles. The van der Waals surface area contributed by atoms with E-state index in [1.807, 2.05) is 53.7 Å². The van der Waals surface area contributed by atoms with Crippen molar-refractivity contribution >= 4 is 79.4 Å². The van der Waals surface area contributed by atoms with Gasteiger partial charge in [-0.15, -0.1) is 0 Å². The number of nitrogens with zero attached hydrogens (tertiary/aromatic N) is 2. The summed E-state index contributed by atoms with van der Waals surface area (Å²) in [6, 6.07) is 51.1. The molecule has 0 aliphatic carbocycles. The largest absolute Gasteiger partial charge is 1.00 e. The van der Waals surface area contributed by atoms with Gasteiger partial charge in [-0.2, -0.15) is 6.42 Å². The Morgan fingerprint density at radius 3 is 1.35 bits per heavy atom. The summed E-state index contributed by atoms with van der Waals surface area (Å²) in [5, 5.41) is 5.01. The maximum absolute atomic E-state index is 6.27. The summed E-state index contributed by atoms with van der Waals surface area (Å²) in [6.45, 7) is 26.1. The van der Waals surface area contributed by atoms with Crippen LogP contribution in [0, 0.1) is 6.92 Å². The van der Waals surface area contributed by atoms with Crippen LogP contribution in [0.1, 0.15) is 89.0 Å². The monoisotopic (exact) mass is 940 g/mol.